The zero-order valence-electron chi connectivity index (χ0n) is 14.7. The molecule has 1 amide bonds. The van der Waals surface area contributed by atoms with Gasteiger partial charge in [0.25, 0.3) is 0 Å². The molecule has 27 heavy (non-hydrogen) atoms. The van der Waals surface area contributed by atoms with Crippen LogP contribution in [0.3, 0.4) is 0 Å². The van der Waals surface area contributed by atoms with Crippen LogP contribution in [0.15, 0.2) is 24.3 Å². The van der Waals surface area contributed by atoms with E-state index in [4.69, 9.17) is 5.73 Å². The van der Waals surface area contributed by atoms with Crippen LogP contribution in [-0.2, 0) is 22.2 Å². The fraction of sp³-hybridized carbons (Fsp3) is 0.474. The molecule has 1 aliphatic rings. The van der Waals surface area contributed by atoms with Crippen LogP contribution in [0.2, 0.25) is 0 Å². The molecule has 1 atom stereocenters. The Bertz CT molecular complexity index is 838. The number of benzene rings is 1. The fourth-order valence-electron chi connectivity index (χ4n) is 3.66. The molecule has 146 valence electrons. The number of hydrogen-bond acceptors (Lipinski definition) is 3. The van der Waals surface area contributed by atoms with Gasteiger partial charge in [0, 0.05) is 16.8 Å². The molecule has 1 aromatic heterocycles. The summed E-state index contributed by atoms with van der Waals surface area (Å²) in [6.07, 6.45) is -1.20. The first-order valence-electron chi connectivity index (χ1n) is 9.00. The third-order valence-corrected chi connectivity index (χ3v) is 5.11. The number of nitrogens with one attached hydrogen (secondary N) is 2. The van der Waals surface area contributed by atoms with Crippen LogP contribution >= 0.6 is 0 Å². The van der Waals surface area contributed by atoms with Gasteiger partial charge in [-0.1, -0.05) is 31.0 Å². The van der Waals surface area contributed by atoms with Gasteiger partial charge in [0.05, 0.1) is 12.6 Å². The van der Waals surface area contributed by atoms with Gasteiger partial charge in [-0.3, -0.25) is 9.59 Å². The lowest BCUT2D eigenvalue weighted by Gasteiger charge is -2.15. The fourth-order valence-corrected chi connectivity index (χ4v) is 3.66. The summed E-state index contributed by atoms with van der Waals surface area (Å²) in [6.45, 7) is -0.128. The first-order chi connectivity index (χ1) is 12.8. The third kappa shape index (κ3) is 4.32. The van der Waals surface area contributed by atoms with Crippen LogP contribution in [0, 0.1) is 5.92 Å². The first kappa shape index (κ1) is 19.4. The van der Waals surface area contributed by atoms with Crippen LogP contribution in [0.4, 0.5) is 13.2 Å². The minimum atomic E-state index is -4.58. The standard InChI is InChI=1S/C19H22F3N3O2/c20-19(21,22)17-13(12-7-3-4-8-15(12)25-17)9-14(23)18(27)24-10-16(26)11-5-1-2-6-11/h3-4,7-8,11,14,25H,1-2,5-6,9-10,23H2,(H,24,27)/t14-/m0/s1. The van der Waals surface area contributed by atoms with Crippen molar-refractivity contribution in [1.82, 2.24) is 10.3 Å². The maximum absolute atomic E-state index is 13.3. The summed E-state index contributed by atoms with van der Waals surface area (Å²) < 4.78 is 40.0. The number of nitrogens with two attached hydrogens (primary N) is 1. The van der Waals surface area contributed by atoms with Crippen LogP contribution in [0.25, 0.3) is 10.9 Å². The van der Waals surface area contributed by atoms with Crippen molar-refractivity contribution in [3.05, 3.63) is 35.5 Å². The molecule has 0 aliphatic heterocycles. The van der Waals surface area contributed by atoms with Crippen molar-refractivity contribution < 1.29 is 22.8 Å². The number of aromatic nitrogens is 1. The number of alkyl halides is 3. The summed E-state index contributed by atoms with van der Waals surface area (Å²) in [7, 11) is 0. The molecule has 4 N–H and O–H groups in total. The summed E-state index contributed by atoms with van der Waals surface area (Å²) in [5.74, 6) is -0.706. The molecule has 1 heterocycles. The second-order valence-corrected chi connectivity index (χ2v) is 7.00. The van der Waals surface area contributed by atoms with E-state index in [2.05, 4.69) is 10.3 Å². The molecule has 0 saturated heterocycles. The van der Waals surface area contributed by atoms with Crippen molar-refractivity contribution in [2.45, 2.75) is 44.3 Å². The molecule has 0 unspecified atom stereocenters. The molecule has 0 bridgehead atoms. The predicted octanol–water partition coefficient (Wildman–Crippen LogP) is 2.93. The Morgan fingerprint density at radius 1 is 1.22 bits per heavy atom. The first-order valence-corrected chi connectivity index (χ1v) is 9.00. The minimum Gasteiger partial charge on any atom is -0.351 e. The van der Waals surface area contributed by atoms with E-state index in [0.717, 1.165) is 25.7 Å². The summed E-state index contributed by atoms with van der Waals surface area (Å²) in [4.78, 5) is 26.6. The summed E-state index contributed by atoms with van der Waals surface area (Å²) in [5.41, 5.74) is 5.25. The Morgan fingerprint density at radius 3 is 2.56 bits per heavy atom. The second kappa shape index (κ2) is 7.72. The average molecular weight is 381 g/mol. The zero-order valence-corrected chi connectivity index (χ0v) is 14.7. The molecule has 0 spiro atoms. The highest BCUT2D eigenvalue weighted by Gasteiger charge is 2.37. The lowest BCUT2D eigenvalue weighted by atomic mass is 10.0. The van der Waals surface area contributed by atoms with Crippen molar-refractivity contribution in [2.24, 2.45) is 11.7 Å². The van der Waals surface area contributed by atoms with Crippen LogP contribution in [0.5, 0.6) is 0 Å². The predicted molar refractivity (Wildman–Crippen MR) is 95.0 cm³/mol. The second-order valence-electron chi connectivity index (χ2n) is 7.00. The van der Waals surface area contributed by atoms with Crippen LogP contribution in [0.1, 0.15) is 36.9 Å². The molecule has 5 nitrogen and oxygen atoms in total. The van der Waals surface area contributed by atoms with Gasteiger partial charge < -0.3 is 16.0 Å². The van der Waals surface area contributed by atoms with Gasteiger partial charge >= 0.3 is 6.18 Å². The normalized spacial score (nSPS) is 16.6. The number of halogens is 3. The summed E-state index contributed by atoms with van der Waals surface area (Å²) >= 11 is 0. The van der Waals surface area contributed by atoms with E-state index in [0.29, 0.717) is 10.9 Å². The van der Waals surface area contributed by atoms with Gasteiger partial charge in [-0.15, -0.1) is 0 Å². The van der Waals surface area contributed by atoms with Gasteiger partial charge in [-0.05, 0) is 30.9 Å². The Hall–Kier alpha value is -2.35. The van der Waals surface area contributed by atoms with E-state index >= 15 is 0 Å². The number of Topliss-reactive ketones (excluding diaryl/α,β-unsaturated/α-hetero) is 1. The molecule has 1 aliphatic carbocycles. The quantitative estimate of drug-likeness (QED) is 0.719. The number of para-hydroxylation sites is 1. The molecular weight excluding hydrogens is 359 g/mol. The van der Waals surface area contributed by atoms with Gasteiger partial charge in [0.2, 0.25) is 5.91 Å². The average Bonchev–Trinajstić information content (AvgIpc) is 3.27. The molecule has 2 aromatic rings. The van der Waals surface area contributed by atoms with Gasteiger partial charge in [0.15, 0.2) is 5.78 Å². The highest BCUT2D eigenvalue weighted by atomic mass is 19.4. The number of amides is 1. The van der Waals surface area contributed by atoms with Gasteiger partial charge in [0.1, 0.15) is 5.69 Å². The smallest absolute Gasteiger partial charge is 0.351 e. The van der Waals surface area contributed by atoms with Crippen molar-refractivity contribution >= 4 is 22.6 Å². The monoisotopic (exact) mass is 381 g/mol. The van der Waals surface area contributed by atoms with Gasteiger partial charge in [-0.2, -0.15) is 13.2 Å². The Kier molecular flexibility index (Phi) is 5.55. The maximum atomic E-state index is 13.3. The van der Waals surface area contributed by atoms with Crippen molar-refractivity contribution in [3.63, 3.8) is 0 Å². The lowest BCUT2D eigenvalue weighted by Crippen LogP contribution is -2.44. The Balaban J connectivity index is 1.70. The van der Waals surface area contributed by atoms with E-state index in [-0.39, 0.29) is 30.2 Å². The molecule has 1 aromatic carbocycles. The topological polar surface area (TPSA) is 88.0 Å². The van der Waals surface area contributed by atoms with Crippen molar-refractivity contribution in [2.75, 3.05) is 6.54 Å². The van der Waals surface area contributed by atoms with E-state index in [9.17, 15) is 22.8 Å². The molecule has 0 radical (unpaired) electrons. The number of carbonyl (C=O) groups excluding carboxylic acids is 2. The van der Waals surface area contributed by atoms with Crippen LogP contribution < -0.4 is 11.1 Å². The summed E-state index contributed by atoms with van der Waals surface area (Å²) in [6, 6.07) is 5.18. The number of carbonyl (C=O) groups is 2. The molecule has 3 rings (SSSR count). The highest BCUT2D eigenvalue weighted by molar-refractivity contribution is 5.90. The van der Waals surface area contributed by atoms with E-state index < -0.39 is 23.8 Å². The Labute approximate surface area is 154 Å². The summed E-state index contributed by atoms with van der Waals surface area (Å²) in [5, 5.41) is 2.86. The van der Waals surface area contributed by atoms with Gasteiger partial charge in [-0.25, -0.2) is 0 Å². The number of H-pyrrole nitrogens is 1. The lowest BCUT2D eigenvalue weighted by molar-refractivity contribution is -0.141. The molecule has 1 saturated carbocycles. The van der Waals surface area contributed by atoms with Crippen molar-refractivity contribution in [3.8, 4) is 0 Å². The molecule has 8 heteroatoms. The SMILES string of the molecule is N[C@@H](Cc1c(C(F)(F)F)[nH]c2ccccc12)C(=O)NCC(=O)C1CCCC1. The maximum Gasteiger partial charge on any atom is 0.431 e. The Morgan fingerprint density at radius 2 is 1.89 bits per heavy atom. The van der Waals surface area contributed by atoms with Crippen LogP contribution in [-0.4, -0.2) is 29.3 Å². The van der Waals surface area contributed by atoms with E-state index in [1.54, 1.807) is 24.3 Å². The number of rotatable bonds is 6. The zero-order chi connectivity index (χ0) is 19.6. The minimum absolute atomic E-state index is 0.0352. The van der Waals surface area contributed by atoms with E-state index in [1.165, 1.54) is 0 Å². The number of aromatic amines is 1. The van der Waals surface area contributed by atoms with E-state index in [1.807, 2.05) is 0 Å². The third-order valence-electron chi connectivity index (χ3n) is 5.11. The number of hydrogen-bond donors (Lipinski definition) is 3. The number of fused-ring (bicyclic) bond motifs is 1. The number of ketones is 1. The molecule has 1 fully saturated rings. The largest absolute Gasteiger partial charge is 0.431 e. The molecular formula is C19H22F3N3O2. The highest BCUT2D eigenvalue weighted by Crippen LogP contribution is 2.36. The van der Waals surface area contributed by atoms with Crippen molar-refractivity contribution in [1.29, 1.82) is 0 Å².